The molecular weight excluding hydrogens is 341 g/mol. The van der Waals surface area contributed by atoms with E-state index in [1.165, 1.54) is 22.6 Å². The Kier molecular flexibility index (Phi) is 3.67. The van der Waals surface area contributed by atoms with Gasteiger partial charge in [0, 0.05) is 0 Å². The molecule has 86 valence electrons. The summed E-state index contributed by atoms with van der Waals surface area (Å²) in [4.78, 5) is 23.3. The molecule has 0 amide bonds. The number of nitro groups is 1. The second kappa shape index (κ2) is 4.63. The summed E-state index contributed by atoms with van der Waals surface area (Å²) < 4.78 is 24.9. The SMILES string of the molecule is O=C(O)c1cc(I)nc(C(F)F)c1[N+](=O)[O-]. The summed E-state index contributed by atoms with van der Waals surface area (Å²) in [6.07, 6.45) is -3.20. The second-order valence-corrected chi connectivity index (χ2v) is 3.69. The quantitative estimate of drug-likeness (QED) is 0.393. The van der Waals surface area contributed by atoms with E-state index < -0.39 is 34.3 Å². The van der Waals surface area contributed by atoms with E-state index in [1.807, 2.05) is 0 Å². The van der Waals surface area contributed by atoms with E-state index in [1.54, 1.807) is 0 Å². The normalized spacial score (nSPS) is 10.5. The van der Waals surface area contributed by atoms with Crippen LogP contribution in [0.5, 0.6) is 0 Å². The maximum absolute atomic E-state index is 12.4. The largest absolute Gasteiger partial charge is 0.477 e. The van der Waals surface area contributed by atoms with E-state index in [-0.39, 0.29) is 3.70 Å². The molecule has 1 N–H and O–H groups in total. The van der Waals surface area contributed by atoms with Gasteiger partial charge in [-0.2, -0.15) is 0 Å². The summed E-state index contributed by atoms with van der Waals surface area (Å²) in [6.45, 7) is 0. The first kappa shape index (κ1) is 12.7. The number of aromatic nitrogens is 1. The van der Waals surface area contributed by atoms with Gasteiger partial charge < -0.3 is 5.11 Å². The molecule has 1 aromatic rings. The number of halogens is 3. The van der Waals surface area contributed by atoms with E-state index >= 15 is 0 Å². The highest BCUT2D eigenvalue weighted by Crippen LogP contribution is 2.31. The smallest absolute Gasteiger partial charge is 0.342 e. The van der Waals surface area contributed by atoms with Gasteiger partial charge in [-0.15, -0.1) is 0 Å². The van der Waals surface area contributed by atoms with E-state index in [4.69, 9.17) is 5.11 Å². The van der Waals surface area contributed by atoms with E-state index in [0.717, 1.165) is 6.07 Å². The third kappa shape index (κ3) is 2.40. The standard InChI is InChI=1S/C7H3F2IN2O4/c8-6(9)4-5(12(15)16)2(7(13)14)1-3(10)11-4/h1,6H,(H,13,14). The number of carbonyl (C=O) groups is 1. The number of hydrogen-bond donors (Lipinski definition) is 1. The Morgan fingerprint density at radius 3 is 2.56 bits per heavy atom. The number of alkyl halides is 2. The lowest BCUT2D eigenvalue weighted by molar-refractivity contribution is -0.387. The summed E-state index contributed by atoms with van der Waals surface area (Å²) in [5, 5.41) is 19.2. The van der Waals surface area contributed by atoms with Gasteiger partial charge in [-0.25, -0.2) is 18.6 Å². The van der Waals surface area contributed by atoms with Crippen molar-refractivity contribution in [3.63, 3.8) is 0 Å². The van der Waals surface area contributed by atoms with E-state index in [9.17, 15) is 23.7 Å². The van der Waals surface area contributed by atoms with E-state index in [2.05, 4.69) is 4.98 Å². The third-order valence-electron chi connectivity index (χ3n) is 1.61. The highest BCUT2D eigenvalue weighted by molar-refractivity contribution is 14.1. The predicted octanol–water partition coefficient (Wildman–Crippen LogP) is 2.23. The number of rotatable bonds is 3. The zero-order chi connectivity index (χ0) is 12.5. The fourth-order valence-electron chi connectivity index (χ4n) is 1.03. The lowest BCUT2D eigenvalue weighted by Gasteiger charge is -2.04. The molecule has 16 heavy (non-hydrogen) atoms. The van der Waals surface area contributed by atoms with Crippen molar-refractivity contribution in [1.29, 1.82) is 0 Å². The summed E-state index contributed by atoms with van der Waals surface area (Å²) in [5.41, 5.74) is -3.09. The van der Waals surface area contributed by atoms with Crippen LogP contribution < -0.4 is 0 Å². The lowest BCUT2D eigenvalue weighted by Crippen LogP contribution is -2.09. The number of pyridine rings is 1. The number of carboxylic acid groups (broad SMARTS) is 1. The molecule has 0 unspecified atom stereocenters. The van der Waals surface area contributed by atoms with Gasteiger partial charge in [-0.05, 0) is 28.7 Å². The number of nitrogens with zero attached hydrogens (tertiary/aromatic N) is 2. The van der Waals surface area contributed by atoms with Crippen molar-refractivity contribution in [2.45, 2.75) is 6.43 Å². The van der Waals surface area contributed by atoms with Crippen LogP contribution in [0.25, 0.3) is 0 Å². The number of aromatic carboxylic acids is 1. The lowest BCUT2D eigenvalue weighted by atomic mass is 10.2. The van der Waals surface area contributed by atoms with Gasteiger partial charge >= 0.3 is 11.7 Å². The van der Waals surface area contributed by atoms with Gasteiger partial charge in [-0.3, -0.25) is 10.1 Å². The van der Waals surface area contributed by atoms with Crippen LogP contribution in [0.3, 0.4) is 0 Å². The molecule has 0 aliphatic carbocycles. The van der Waals surface area contributed by atoms with Crippen molar-refractivity contribution in [3.05, 3.63) is 31.1 Å². The molecule has 1 aromatic heterocycles. The molecule has 0 saturated heterocycles. The molecule has 0 fully saturated rings. The first-order valence-electron chi connectivity index (χ1n) is 3.71. The Labute approximate surface area is 101 Å². The highest BCUT2D eigenvalue weighted by Gasteiger charge is 2.31. The number of carboxylic acids is 1. The van der Waals surface area contributed by atoms with Crippen LogP contribution in [0.2, 0.25) is 0 Å². The first-order chi connectivity index (χ1) is 7.34. The van der Waals surface area contributed by atoms with Crippen LogP contribution in [-0.4, -0.2) is 21.0 Å². The Morgan fingerprint density at radius 1 is 1.62 bits per heavy atom. The average molecular weight is 344 g/mol. The Hall–Kier alpha value is -1.39. The van der Waals surface area contributed by atoms with Crippen molar-refractivity contribution in [2.24, 2.45) is 0 Å². The highest BCUT2D eigenvalue weighted by atomic mass is 127. The topological polar surface area (TPSA) is 93.3 Å². The number of hydrogen-bond acceptors (Lipinski definition) is 4. The molecule has 0 aromatic carbocycles. The molecule has 0 aliphatic heterocycles. The molecule has 0 spiro atoms. The summed E-state index contributed by atoms with van der Waals surface area (Å²) in [7, 11) is 0. The molecule has 0 aliphatic rings. The Bertz CT molecular complexity index is 466. The van der Waals surface area contributed by atoms with E-state index in [0.29, 0.717) is 0 Å². The maximum atomic E-state index is 12.4. The minimum atomic E-state index is -3.20. The zero-order valence-corrected chi connectivity index (χ0v) is 9.51. The van der Waals surface area contributed by atoms with Crippen LogP contribution in [0.15, 0.2) is 6.07 Å². The molecule has 0 bridgehead atoms. The molecule has 9 heteroatoms. The molecule has 1 rings (SSSR count). The van der Waals surface area contributed by atoms with Crippen molar-refractivity contribution >= 4 is 34.2 Å². The predicted molar refractivity (Wildman–Crippen MR) is 55.5 cm³/mol. The van der Waals surface area contributed by atoms with Gasteiger partial charge in [0.15, 0.2) is 5.69 Å². The van der Waals surface area contributed by atoms with Gasteiger partial charge in [-0.1, -0.05) is 0 Å². The van der Waals surface area contributed by atoms with Gasteiger partial charge in [0.25, 0.3) is 6.43 Å². The van der Waals surface area contributed by atoms with Crippen LogP contribution in [0, 0.1) is 13.8 Å². The third-order valence-corrected chi connectivity index (χ3v) is 2.16. The van der Waals surface area contributed by atoms with Crippen LogP contribution in [-0.2, 0) is 0 Å². The minimum absolute atomic E-state index is 0.0455. The Morgan fingerprint density at radius 2 is 2.19 bits per heavy atom. The summed E-state index contributed by atoms with van der Waals surface area (Å²) >= 11 is 1.51. The maximum Gasteiger partial charge on any atom is 0.342 e. The van der Waals surface area contributed by atoms with Crippen LogP contribution in [0.1, 0.15) is 22.5 Å². The van der Waals surface area contributed by atoms with Gasteiger partial charge in [0.1, 0.15) is 9.26 Å². The minimum Gasteiger partial charge on any atom is -0.477 e. The van der Waals surface area contributed by atoms with Crippen molar-refractivity contribution in [1.82, 2.24) is 4.98 Å². The van der Waals surface area contributed by atoms with Crippen molar-refractivity contribution in [2.75, 3.05) is 0 Å². The Balaban J connectivity index is 3.60. The van der Waals surface area contributed by atoms with Crippen molar-refractivity contribution < 1.29 is 23.6 Å². The monoisotopic (exact) mass is 344 g/mol. The summed E-state index contributed by atoms with van der Waals surface area (Å²) in [5.74, 6) is -1.64. The molecular formula is C7H3F2IN2O4. The summed E-state index contributed by atoms with van der Waals surface area (Å²) in [6, 6.07) is 0.868. The molecule has 1 heterocycles. The fraction of sp³-hybridized carbons (Fsp3) is 0.143. The molecule has 6 nitrogen and oxygen atoms in total. The van der Waals surface area contributed by atoms with Crippen LogP contribution in [0.4, 0.5) is 14.5 Å². The second-order valence-electron chi connectivity index (χ2n) is 2.59. The molecule has 0 radical (unpaired) electrons. The zero-order valence-electron chi connectivity index (χ0n) is 7.35. The van der Waals surface area contributed by atoms with Crippen molar-refractivity contribution in [3.8, 4) is 0 Å². The molecule has 0 atom stereocenters. The van der Waals surface area contributed by atoms with Gasteiger partial charge in [0.05, 0.1) is 4.92 Å². The van der Waals surface area contributed by atoms with Gasteiger partial charge in [0.2, 0.25) is 0 Å². The fourth-order valence-corrected chi connectivity index (χ4v) is 1.60. The average Bonchev–Trinajstić information content (AvgIpc) is 2.15. The first-order valence-corrected chi connectivity index (χ1v) is 4.78. The molecule has 0 saturated carbocycles. The van der Waals surface area contributed by atoms with Crippen LogP contribution >= 0.6 is 22.6 Å².